The molecule has 6 nitrogen and oxygen atoms in total. The molecule has 1 rings (SSSR count). The first-order valence-corrected chi connectivity index (χ1v) is 6.04. The smallest absolute Gasteiger partial charge is 0.326 e. The maximum absolute atomic E-state index is 11.6. The van der Waals surface area contributed by atoms with Crippen LogP contribution in [0.5, 0.6) is 0 Å². The second-order valence-electron chi connectivity index (χ2n) is 3.96. The molecule has 1 aromatic rings. The molecular formula is C14H18ClNO5. The molecular weight excluding hydrogens is 298 g/mol. The highest BCUT2D eigenvalue weighted by Gasteiger charge is 2.23. The minimum absolute atomic E-state index is 0. The fraction of sp³-hybridized carbons (Fsp3) is 0.286. The van der Waals surface area contributed by atoms with Gasteiger partial charge in [0.2, 0.25) is 0 Å². The van der Waals surface area contributed by atoms with Crippen molar-refractivity contribution >= 4 is 24.3 Å². The van der Waals surface area contributed by atoms with E-state index in [-0.39, 0.29) is 25.6 Å². The van der Waals surface area contributed by atoms with Gasteiger partial charge in [0.05, 0.1) is 13.0 Å². The van der Waals surface area contributed by atoms with Gasteiger partial charge in [0.15, 0.2) is 0 Å². The third-order valence-corrected chi connectivity index (χ3v) is 2.31. The lowest BCUT2D eigenvalue weighted by Gasteiger charge is -2.15. The molecule has 0 bridgehead atoms. The van der Waals surface area contributed by atoms with Crippen molar-refractivity contribution in [2.75, 3.05) is 6.61 Å². The fourth-order valence-electron chi connectivity index (χ4n) is 1.39. The molecule has 0 saturated heterocycles. The Kier molecular flexibility index (Phi) is 9.87. The van der Waals surface area contributed by atoms with Gasteiger partial charge in [-0.25, -0.2) is 0 Å². The molecule has 0 unspecified atom stereocenters. The minimum atomic E-state index is -1.12. The lowest BCUT2D eigenvalue weighted by atomic mass is 10.2. The monoisotopic (exact) mass is 315 g/mol. The summed E-state index contributed by atoms with van der Waals surface area (Å²) in [5.41, 5.74) is 3.32. The lowest BCUT2D eigenvalue weighted by molar-refractivity contribution is -0.155. The Hall–Kier alpha value is -1.89. The molecule has 1 aromatic carbocycles. The van der Waals surface area contributed by atoms with Gasteiger partial charge in [0, 0.05) is 0 Å². The molecule has 0 aliphatic heterocycles. The van der Waals surface area contributed by atoms with E-state index >= 15 is 0 Å². The molecule has 21 heavy (non-hydrogen) atoms. The molecule has 0 aromatic heterocycles. The van der Waals surface area contributed by atoms with Crippen LogP contribution in [0.15, 0.2) is 43.0 Å². The van der Waals surface area contributed by atoms with Crippen LogP contribution in [0, 0.1) is 0 Å². The van der Waals surface area contributed by atoms with Crippen molar-refractivity contribution in [1.29, 1.82) is 0 Å². The fourth-order valence-corrected chi connectivity index (χ4v) is 1.39. The summed E-state index contributed by atoms with van der Waals surface area (Å²) >= 11 is 0. The molecule has 0 saturated carbocycles. The van der Waals surface area contributed by atoms with Gasteiger partial charge < -0.3 is 9.84 Å². The summed E-state index contributed by atoms with van der Waals surface area (Å²) < 4.78 is 4.79. The van der Waals surface area contributed by atoms with Crippen molar-refractivity contribution in [3.8, 4) is 0 Å². The van der Waals surface area contributed by atoms with Crippen LogP contribution in [0.3, 0.4) is 0 Å². The number of carbonyl (C=O) groups is 2. The van der Waals surface area contributed by atoms with E-state index in [0.29, 0.717) is 0 Å². The van der Waals surface area contributed by atoms with Crippen molar-refractivity contribution in [3.63, 3.8) is 0 Å². The van der Waals surface area contributed by atoms with Crippen molar-refractivity contribution < 1.29 is 24.3 Å². The number of esters is 1. The Morgan fingerprint density at radius 3 is 2.57 bits per heavy atom. The quantitative estimate of drug-likeness (QED) is 0.410. The summed E-state index contributed by atoms with van der Waals surface area (Å²) in [6, 6.07) is 8.22. The van der Waals surface area contributed by atoms with Crippen LogP contribution < -0.4 is 5.48 Å². The zero-order valence-electron chi connectivity index (χ0n) is 11.4. The van der Waals surface area contributed by atoms with Crippen LogP contribution in [0.25, 0.3) is 0 Å². The first-order chi connectivity index (χ1) is 9.63. The highest BCUT2D eigenvalue weighted by atomic mass is 35.5. The first kappa shape index (κ1) is 19.1. The topological polar surface area (TPSA) is 84.9 Å². The summed E-state index contributed by atoms with van der Waals surface area (Å²) in [6.45, 7) is 3.65. The van der Waals surface area contributed by atoms with Crippen molar-refractivity contribution in [2.24, 2.45) is 0 Å². The Bertz CT molecular complexity index is 452. The van der Waals surface area contributed by atoms with Crippen molar-refractivity contribution in [1.82, 2.24) is 5.48 Å². The number of hydrogen-bond acceptors (Lipinski definition) is 5. The van der Waals surface area contributed by atoms with Crippen molar-refractivity contribution in [2.45, 2.75) is 19.1 Å². The predicted molar refractivity (Wildman–Crippen MR) is 78.8 cm³/mol. The molecule has 0 amide bonds. The van der Waals surface area contributed by atoms with Crippen LogP contribution >= 0.6 is 12.4 Å². The molecule has 116 valence electrons. The van der Waals surface area contributed by atoms with Gasteiger partial charge in [0.1, 0.15) is 12.6 Å². The normalized spacial score (nSPS) is 11.0. The number of rotatable bonds is 9. The number of carbonyl (C=O) groups excluding carboxylic acids is 1. The highest BCUT2D eigenvalue weighted by molar-refractivity contribution is 5.85. The maximum Gasteiger partial charge on any atom is 0.326 e. The Balaban J connectivity index is 0.00000400. The molecule has 0 aliphatic carbocycles. The average Bonchev–Trinajstić information content (AvgIpc) is 2.44. The molecule has 1 atom stereocenters. The van der Waals surface area contributed by atoms with Gasteiger partial charge in [-0.3, -0.25) is 14.4 Å². The van der Waals surface area contributed by atoms with Crippen LogP contribution in [-0.2, 0) is 25.8 Å². The van der Waals surface area contributed by atoms with E-state index in [0.717, 1.165) is 5.56 Å². The molecule has 0 aliphatic rings. The zero-order valence-corrected chi connectivity index (χ0v) is 12.2. The van der Waals surface area contributed by atoms with Gasteiger partial charge in [-0.1, -0.05) is 43.0 Å². The number of halogens is 1. The number of hydrogen-bond donors (Lipinski definition) is 2. The van der Waals surface area contributed by atoms with E-state index in [1.165, 1.54) is 6.08 Å². The molecule has 0 fully saturated rings. The number of carboxylic acids is 1. The highest BCUT2D eigenvalue weighted by Crippen LogP contribution is 2.02. The van der Waals surface area contributed by atoms with Crippen molar-refractivity contribution in [3.05, 3.63) is 48.6 Å². The first-order valence-electron chi connectivity index (χ1n) is 6.04. The SMILES string of the molecule is C=CCOC(=O)[C@H](CC(=O)O)NOCc1ccccc1.Cl. The van der Waals surface area contributed by atoms with Crippen LogP contribution in [0.4, 0.5) is 0 Å². The van der Waals surface area contributed by atoms with E-state index in [2.05, 4.69) is 12.1 Å². The molecule has 0 heterocycles. The number of nitrogens with one attached hydrogen (secondary N) is 1. The second kappa shape index (κ2) is 10.8. The standard InChI is InChI=1S/C14H17NO5.ClH/c1-2-8-19-14(18)12(9-13(16)17)15-20-10-11-6-4-3-5-7-11;/h2-7,12,15H,1,8-10H2,(H,16,17);1H/t12-;/m0./s1. The molecule has 7 heteroatoms. The number of aliphatic carboxylic acids is 1. The van der Waals surface area contributed by atoms with E-state index in [4.69, 9.17) is 14.7 Å². The third-order valence-electron chi connectivity index (χ3n) is 2.31. The third kappa shape index (κ3) is 8.09. The van der Waals surface area contributed by atoms with Crippen LogP contribution in [0.1, 0.15) is 12.0 Å². The summed E-state index contributed by atoms with van der Waals surface area (Å²) in [7, 11) is 0. The van der Waals surface area contributed by atoms with Gasteiger partial charge >= 0.3 is 11.9 Å². The summed E-state index contributed by atoms with van der Waals surface area (Å²) in [5, 5.41) is 8.75. The molecule has 0 spiro atoms. The zero-order chi connectivity index (χ0) is 14.8. The number of ether oxygens (including phenoxy) is 1. The number of carboxylic acid groups (broad SMARTS) is 1. The Labute approximate surface area is 129 Å². The van der Waals surface area contributed by atoms with Gasteiger partial charge in [0.25, 0.3) is 0 Å². The van der Waals surface area contributed by atoms with Gasteiger partial charge in [-0.15, -0.1) is 12.4 Å². The average molecular weight is 316 g/mol. The van der Waals surface area contributed by atoms with E-state index in [9.17, 15) is 9.59 Å². The maximum atomic E-state index is 11.6. The second-order valence-corrected chi connectivity index (χ2v) is 3.96. The van der Waals surface area contributed by atoms with Gasteiger partial charge in [-0.05, 0) is 5.56 Å². The Morgan fingerprint density at radius 2 is 2.00 bits per heavy atom. The summed E-state index contributed by atoms with van der Waals surface area (Å²) in [5.74, 6) is -1.82. The summed E-state index contributed by atoms with van der Waals surface area (Å²) in [6.07, 6.45) is 0.977. The van der Waals surface area contributed by atoms with Gasteiger partial charge in [-0.2, -0.15) is 5.48 Å². The molecule has 2 N–H and O–H groups in total. The molecule has 0 radical (unpaired) electrons. The van der Waals surface area contributed by atoms with E-state index in [1.54, 1.807) is 0 Å². The van der Waals surface area contributed by atoms with Crippen LogP contribution in [0.2, 0.25) is 0 Å². The van der Waals surface area contributed by atoms with E-state index in [1.807, 2.05) is 30.3 Å². The lowest BCUT2D eigenvalue weighted by Crippen LogP contribution is -2.39. The van der Waals surface area contributed by atoms with E-state index < -0.39 is 24.4 Å². The minimum Gasteiger partial charge on any atom is -0.481 e. The Morgan fingerprint density at radius 1 is 1.33 bits per heavy atom. The number of benzene rings is 1. The summed E-state index contributed by atoms with van der Waals surface area (Å²) in [4.78, 5) is 27.4. The largest absolute Gasteiger partial charge is 0.481 e. The van der Waals surface area contributed by atoms with Crippen LogP contribution in [-0.4, -0.2) is 29.7 Å². The number of hydroxylamine groups is 1. The predicted octanol–water partition coefficient (Wildman–Crippen LogP) is 1.70.